The third-order valence-corrected chi connectivity index (χ3v) is 4.46. The third kappa shape index (κ3) is 1.51. The van der Waals surface area contributed by atoms with Crippen molar-refractivity contribution in [2.45, 2.75) is 33.1 Å². The Morgan fingerprint density at radius 3 is 2.80 bits per heavy atom. The summed E-state index contributed by atoms with van der Waals surface area (Å²) >= 11 is 0. The van der Waals surface area contributed by atoms with E-state index in [4.69, 9.17) is 4.84 Å². The molecule has 0 heterocycles. The second-order valence-electron chi connectivity index (χ2n) is 5.46. The van der Waals surface area contributed by atoms with Crippen molar-refractivity contribution in [1.82, 2.24) is 0 Å². The highest BCUT2D eigenvalue weighted by Gasteiger charge is 2.56. The van der Waals surface area contributed by atoms with Crippen LogP contribution in [0, 0.1) is 23.2 Å². The normalized spacial score (nSPS) is 39.7. The number of hydrogen-bond acceptors (Lipinski definition) is 2. The molecule has 3 rings (SSSR count). The molecule has 0 saturated heterocycles. The molecule has 0 aromatic rings. The topological polar surface area (TPSA) is 21.6 Å². The number of fused-ring (bicyclic) bond motifs is 2. The van der Waals surface area contributed by atoms with E-state index >= 15 is 0 Å². The first-order valence-electron chi connectivity index (χ1n) is 5.83. The average Bonchev–Trinajstić information content (AvgIpc) is 2.20. The van der Waals surface area contributed by atoms with Crippen molar-refractivity contribution in [3.05, 3.63) is 12.7 Å². The van der Waals surface area contributed by atoms with Gasteiger partial charge < -0.3 is 4.84 Å². The molecule has 3 aliphatic rings. The van der Waals surface area contributed by atoms with Gasteiger partial charge in [0.2, 0.25) is 0 Å². The van der Waals surface area contributed by atoms with E-state index in [0.29, 0.717) is 17.3 Å². The lowest BCUT2D eigenvalue weighted by molar-refractivity contribution is -0.0168. The van der Waals surface area contributed by atoms with Crippen molar-refractivity contribution < 1.29 is 4.84 Å². The standard InChI is InChI=1S/C13H21NO/c1-5-6-9-7-10-8-11(13(10,2)3)12(9)14-15-4/h5,9-11H,1,6-8H2,2-4H3/t9?,10-,11-/m0/s1. The van der Waals surface area contributed by atoms with Gasteiger partial charge in [-0.1, -0.05) is 25.1 Å². The summed E-state index contributed by atoms with van der Waals surface area (Å²) in [4.78, 5) is 5.00. The number of rotatable bonds is 3. The summed E-state index contributed by atoms with van der Waals surface area (Å²) in [5.74, 6) is 2.10. The molecular weight excluding hydrogens is 186 g/mol. The molecule has 15 heavy (non-hydrogen) atoms. The fourth-order valence-corrected chi connectivity index (χ4v) is 3.33. The van der Waals surface area contributed by atoms with Crippen LogP contribution in [0.25, 0.3) is 0 Å². The second-order valence-corrected chi connectivity index (χ2v) is 5.46. The SMILES string of the molecule is C=CCC1C[C@H]2C[C@@H](C1=NOC)C2(C)C. The first-order chi connectivity index (χ1) is 7.11. The Morgan fingerprint density at radius 2 is 2.27 bits per heavy atom. The highest BCUT2D eigenvalue weighted by Crippen LogP contribution is 2.59. The Kier molecular flexibility index (Phi) is 2.61. The predicted octanol–water partition coefficient (Wildman–Crippen LogP) is 3.25. The largest absolute Gasteiger partial charge is 0.399 e. The molecule has 0 aliphatic heterocycles. The summed E-state index contributed by atoms with van der Waals surface area (Å²) in [6.07, 6.45) is 5.62. The van der Waals surface area contributed by atoms with Gasteiger partial charge in [0, 0.05) is 11.8 Å². The fraction of sp³-hybridized carbons (Fsp3) is 0.769. The minimum Gasteiger partial charge on any atom is -0.399 e. The Bertz CT molecular complexity index is 293. The molecule has 0 radical (unpaired) electrons. The summed E-state index contributed by atoms with van der Waals surface area (Å²) in [5.41, 5.74) is 1.72. The zero-order valence-electron chi connectivity index (χ0n) is 9.99. The van der Waals surface area contributed by atoms with E-state index in [9.17, 15) is 0 Å². The maximum absolute atomic E-state index is 5.00. The van der Waals surface area contributed by atoms with E-state index in [0.717, 1.165) is 12.3 Å². The van der Waals surface area contributed by atoms with Gasteiger partial charge in [-0.2, -0.15) is 0 Å². The first-order valence-corrected chi connectivity index (χ1v) is 5.83. The van der Waals surface area contributed by atoms with Crippen LogP contribution in [0.1, 0.15) is 33.1 Å². The molecule has 1 unspecified atom stereocenters. The van der Waals surface area contributed by atoms with Crippen molar-refractivity contribution in [1.29, 1.82) is 0 Å². The van der Waals surface area contributed by atoms with Gasteiger partial charge in [0.15, 0.2) is 0 Å². The molecular formula is C13H21NO. The van der Waals surface area contributed by atoms with Crippen molar-refractivity contribution >= 4 is 5.71 Å². The van der Waals surface area contributed by atoms with Gasteiger partial charge in [-0.05, 0) is 30.6 Å². The van der Waals surface area contributed by atoms with E-state index < -0.39 is 0 Å². The maximum Gasteiger partial charge on any atom is 0.106 e. The molecule has 0 N–H and O–H groups in total. The Labute approximate surface area is 92.4 Å². The second kappa shape index (κ2) is 3.66. The van der Waals surface area contributed by atoms with Crippen LogP contribution in [0.3, 0.4) is 0 Å². The van der Waals surface area contributed by atoms with Crippen molar-refractivity contribution in [2.75, 3.05) is 7.11 Å². The molecule has 3 aliphatic carbocycles. The number of oxime groups is 1. The van der Waals surface area contributed by atoms with Crippen LogP contribution in [0.15, 0.2) is 17.8 Å². The summed E-state index contributed by atoms with van der Waals surface area (Å²) in [6, 6.07) is 0. The third-order valence-electron chi connectivity index (χ3n) is 4.46. The van der Waals surface area contributed by atoms with E-state index in [-0.39, 0.29) is 0 Å². The van der Waals surface area contributed by atoms with Gasteiger partial charge in [0.05, 0.1) is 5.71 Å². The molecule has 0 spiro atoms. The van der Waals surface area contributed by atoms with Crippen molar-refractivity contribution in [2.24, 2.45) is 28.3 Å². The van der Waals surface area contributed by atoms with Crippen LogP contribution in [0.2, 0.25) is 0 Å². The van der Waals surface area contributed by atoms with Crippen LogP contribution in [-0.2, 0) is 4.84 Å². The van der Waals surface area contributed by atoms with Crippen LogP contribution < -0.4 is 0 Å². The molecule has 0 aromatic carbocycles. The monoisotopic (exact) mass is 207 g/mol. The van der Waals surface area contributed by atoms with Crippen LogP contribution >= 0.6 is 0 Å². The van der Waals surface area contributed by atoms with E-state index in [1.807, 2.05) is 6.08 Å². The molecule has 0 amide bonds. The van der Waals surface area contributed by atoms with Gasteiger partial charge >= 0.3 is 0 Å². The van der Waals surface area contributed by atoms with Crippen molar-refractivity contribution in [3.63, 3.8) is 0 Å². The summed E-state index contributed by atoms with van der Waals surface area (Å²) in [6.45, 7) is 8.55. The number of hydrogen-bond donors (Lipinski definition) is 0. The zero-order valence-corrected chi connectivity index (χ0v) is 9.99. The number of nitrogens with zero attached hydrogens (tertiary/aromatic N) is 1. The highest BCUT2D eigenvalue weighted by atomic mass is 16.6. The Balaban J connectivity index is 2.20. The van der Waals surface area contributed by atoms with Gasteiger partial charge in [0.1, 0.15) is 7.11 Å². The molecule has 2 heteroatoms. The Morgan fingerprint density at radius 1 is 1.53 bits per heavy atom. The zero-order chi connectivity index (χ0) is 11.1. The van der Waals surface area contributed by atoms with Gasteiger partial charge in [-0.3, -0.25) is 0 Å². The summed E-state index contributed by atoms with van der Waals surface area (Å²) in [7, 11) is 1.65. The molecule has 3 atom stereocenters. The Hall–Kier alpha value is -0.790. The first kappa shape index (κ1) is 10.7. The minimum absolute atomic E-state index is 0.440. The molecule has 84 valence electrons. The summed E-state index contributed by atoms with van der Waals surface area (Å²) in [5, 5.41) is 4.27. The lowest BCUT2D eigenvalue weighted by Gasteiger charge is -2.58. The fourth-order valence-electron chi connectivity index (χ4n) is 3.33. The maximum atomic E-state index is 5.00. The average molecular weight is 207 g/mol. The van der Waals surface area contributed by atoms with Crippen LogP contribution in [0.5, 0.6) is 0 Å². The predicted molar refractivity (Wildman–Crippen MR) is 62.7 cm³/mol. The lowest BCUT2D eigenvalue weighted by atomic mass is 9.46. The molecule has 3 saturated carbocycles. The molecule has 0 aromatic heterocycles. The van der Waals surface area contributed by atoms with E-state index in [1.54, 1.807) is 7.11 Å². The van der Waals surface area contributed by atoms with E-state index in [2.05, 4.69) is 25.6 Å². The van der Waals surface area contributed by atoms with Gasteiger partial charge in [0.25, 0.3) is 0 Å². The molecule has 3 fully saturated rings. The molecule has 2 nitrogen and oxygen atoms in total. The highest BCUT2D eigenvalue weighted by molar-refractivity contribution is 5.91. The molecule has 2 bridgehead atoms. The van der Waals surface area contributed by atoms with Gasteiger partial charge in [-0.25, -0.2) is 0 Å². The number of allylic oxidation sites excluding steroid dienone is 1. The van der Waals surface area contributed by atoms with Crippen molar-refractivity contribution in [3.8, 4) is 0 Å². The van der Waals surface area contributed by atoms with Crippen LogP contribution in [-0.4, -0.2) is 12.8 Å². The minimum atomic E-state index is 0.440. The smallest absolute Gasteiger partial charge is 0.106 e. The van der Waals surface area contributed by atoms with Gasteiger partial charge in [-0.15, -0.1) is 6.58 Å². The quantitative estimate of drug-likeness (QED) is 0.514. The van der Waals surface area contributed by atoms with Crippen LogP contribution in [0.4, 0.5) is 0 Å². The lowest BCUT2D eigenvalue weighted by Crippen LogP contribution is -2.56. The summed E-state index contributed by atoms with van der Waals surface area (Å²) < 4.78 is 0. The van der Waals surface area contributed by atoms with E-state index in [1.165, 1.54) is 18.6 Å².